The Labute approximate surface area is 217 Å². The predicted octanol–water partition coefficient (Wildman–Crippen LogP) is 6.51. The third kappa shape index (κ3) is 3.92. The molecule has 182 valence electrons. The Morgan fingerprint density at radius 3 is 2.47 bits per heavy atom. The Morgan fingerprint density at radius 1 is 1.03 bits per heavy atom. The zero-order chi connectivity index (χ0) is 25.6. The average Bonchev–Trinajstić information content (AvgIpc) is 3.34. The molecule has 8 heteroatoms. The minimum absolute atomic E-state index is 0.0538. The van der Waals surface area contributed by atoms with E-state index in [9.17, 15) is 14.7 Å². The zero-order valence-corrected chi connectivity index (χ0v) is 21.0. The first kappa shape index (κ1) is 24.0. The summed E-state index contributed by atoms with van der Waals surface area (Å²) in [7, 11) is 1.89. The number of aromatic nitrogens is 1. The van der Waals surface area contributed by atoms with E-state index in [-0.39, 0.29) is 21.9 Å². The molecule has 1 N–H and O–H groups in total. The average molecular weight is 521 g/mol. The fraction of sp³-hybridized carbons (Fsp3) is 0.143. The van der Waals surface area contributed by atoms with E-state index >= 15 is 0 Å². The van der Waals surface area contributed by atoms with Gasteiger partial charge in [-0.05, 0) is 55.5 Å². The highest BCUT2D eigenvalue weighted by atomic mass is 35.5. The van der Waals surface area contributed by atoms with Gasteiger partial charge in [0.1, 0.15) is 11.5 Å². The first-order chi connectivity index (χ1) is 17.3. The number of anilines is 1. The van der Waals surface area contributed by atoms with Gasteiger partial charge in [0.05, 0.1) is 23.2 Å². The van der Waals surface area contributed by atoms with E-state index in [2.05, 4.69) is 0 Å². The van der Waals surface area contributed by atoms with Gasteiger partial charge in [-0.25, -0.2) is 0 Å². The number of ether oxygens (including phenoxy) is 1. The first-order valence-corrected chi connectivity index (χ1v) is 12.1. The SMILES string of the molecule is CCOc1ccc(Cl)c(/C(O)=C2\C(=O)C(=O)N(c3ccc(Cl)cc3)C2c2cn(C)c3ccccc23)c1. The van der Waals surface area contributed by atoms with Crippen molar-refractivity contribution in [3.8, 4) is 5.75 Å². The van der Waals surface area contributed by atoms with Gasteiger partial charge in [-0.3, -0.25) is 14.5 Å². The van der Waals surface area contributed by atoms with Gasteiger partial charge in [0.2, 0.25) is 0 Å². The Hall–Kier alpha value is -3.74. The summed E-state index contributed by atoms with van der Waals surface area (Å²) < 4.78 is 7.49. The minimum Gasteiger partial charge on any atom is -0.507 e. The quantitative estimate of drug-likeness (QED) is 0.185. The van der Waals surface area contributed by atoms with Gasteiger partial charge in [0.25, 0.3) is 11.7 Å². The van der Waals surface area contributed by atoms with Gasteiger partial charge >= 0.3 is 0 Å². The van der Waals surface area contributed by atoms with Gasteiger partial charge in [-0.2, -0.15) is 0 Å². The smallest absolute Gasteiger partial charge is 0.300 e. The molecule has 5 rings (SSSR count). The minimum atomic E-state index is -0.899. The normalized spacial score (nSPS) is 17.2. The lowest BCUT2D eigenvalue weighted by atomic mass is 9.94. The molecule has 0 bridgehead atoms. The van der Waals surface area contributed by atoms with Crippen LogP contribution in [-0.2, 0) is 16.6 Å². The van der Waals surface area contributed by atoms with Crippen LogP contribution >= 0.6 is 23.2 Å². The van der Waals surface area contributed by atoms with Crippen LogP contribution in [0.1, 0.15) is 24.1 Å². The van der Waals surface area contributed by atoms with E-state index in [0.29, 0.717) is 28.6 Å². The third-order valence-corrected chi connectivity index (χ3v) is 6.86. The van der Waals surface area contributed by atoms with Crippen molar-refractivity contribution >= 4 is 57.2 Å². The molecular weight excluding hydrogens is 499 g/mol. The molecular formula is C28H22Cl2N2O4. The van der Waals surface area contributed by atoms with Crippen molar-refractivity contribution in [2.24, 2.45) is 7.05 Å². The summed E-state index contributed by atoms with van der Waals surface area (Å²) in [6, 6.07) is 18.3. The molecule has 4 aromatic rings. The second kappa shape index (κ2) is 9.37. The Balaban J connectivity index is 1.80. The highest BCUT2D eigenvalue weighted by molar-refractivity contribution is 6.52. The second-order valence-electron chi connectivity index (χ2n) is 8.43. The second-order valence-corrected chi connectivity index (χ2v) is 9.28. The van der Waals surface area contributed by atoms with Gasteiger partial charge < -0.3 is 14.4 Å². The van der Waals surface area contributed by atoms with E-state index < -0.39 is 17.7 Å². The molecule has 6 nitrogen and oxygen atoms in total. The lowest BCUT2D eigenvalue weighted by molar-refractivity contribution is -0.132. The molecule has 1 aliphatic rings. The number of halogens is 2. The molecule has 1 aliphatic heterocycles. The van der Waals surface area contributed by atoms with Crippen molar-refractivity contribution in [3.05, 3.63) is 99.7 Å². The number of aliphatic hydroxyl groups is 1. The number of Topliss-reactive ketones (excluding diaryl/α,β-unsaturated/α-hetero) is 1. The van der Waals surface area contributed by atoms with Crippen molar-refractivity contribution in [2.45, 2.75) is 13.0 Å². The van der Waals surface area contributed by atoms with Crippen LogP contribution in [0.5, 0.6) is 5.75 Å². The number of benzene rings is 3. The topological polar surface area (TPSA) is 71.8 Å². The Bertz CT molecular complexity index is 1540. The van der Waals surface area contributed by atoms with Gasteiger partial charge in [-0.15, -0.1) is 0 Å². The zero-order valence-electron chi connectivity index (χ0n) is 19.5. The van der Waals surface area contributed by atoms with Gasteiger partial charge in [-0.1, -0.05) is 41.4 Å². The van der Waals surface area contributed by atoms with E-state index in [1.807, 2.05) is 49.0 Å². The van der Waals surface area contributed by atoms with Crippen molar-refractivity contribution in [1.29, 1.82) is 0 Å². The van der Waals surface area contributed by atoms with Gasteiger partial charge in [0, 0.05) is 46.0 Å². The number of carbonyl (C=O) groups excluding carboxylic acids is 2. The number of rotatable bonds is 5. The van der Waals surface area contributed by atoms with Crippen LogP contribution in [0.25, 0.3) is 16.7 Å². The van der Waals surface area contributed by atoms with Gasteiger partial charge in [0.15, 0.2) is 0 Å². The molecule has 1 amide bonds. The standard InChI is InChI=1S/C28H22Cl2N2O4/c1-3-36-18-12-13-22(30)20(14-18)26(33)24-25(21-15-31(2)23-7-5-4-6-19(21)23)32(28(35)27(24)34)17-10-8-16(29)9-11-17/h4-15,25,33H,3H2,1-2H3/b26-24+. The molecule has 0 aliphatic carbocycles. The largest absolute Gasteiger partial charge is 0.507 e. The van der Waals surface area contributed by atoms with Crippen molar-refractivity contribution in [3.63, 3.8) is 0 Å². The fourth-order valence-corrected chi connectivity index (χ4v) is 5.01. The highest BCUT2D eigenvalue weighted by Crippen LogP contribution is 2.45. The summed E-state index contributed by atoms with van der Waals surface area (Å²) in [5.74, 6) is -1.45. The molecule has 2 heterocycles. The molecule has 1 unspecified atom stereocenters. The van der Waals surface area contributed by atoms with Crippen LogP contribution in [0.15, 0.2) is 78.5 Å². The monoisotopic (exact) mass is 520 g/mol. The van der Waals surface area contributed by atoms with Crippen LogP contribution in [0.3, 0.4) is 0 Å². The Morgan fingerprint density at radius 2 is 1.75 bits per heavy atom. The van der Waals surface area contributed by atoms with Crippen LogP contribution in [0, 0.1) is 0 Å². The number of hydrogen-bond donors (Lipinski definition) is 1. The molecule has 1 atom stereocenters. The molecule has 1 saturated heterocycles. The van der Waals surface area contributed by atoms with Crippen LogP contribution < -0.4 is 9.64 Å². The van der Waals surface area contributed by atoms with E-state index in [0.717, 1.165) is 10.9 Å². The number of fused-ring (bicyclic) bond motifs is 1. The summed E-state index contributed by atoms with van der Waals surface area (Å²) >= 11 is 12.5. The summed E-state index contributed by atoms with van der Waals surface area (Å²) in [6.45, 7) is 2.26. The molecule has 36 heavy (non-hydrogen) atoms. The molecule has 0 radical (unpaired) electrons. The van der Waals surface area contributed by atoms with Crippen LogP contribution in [-0.4, -0.2) is 28.0 Å². The number of amides is 1. The molecule has 3 aromatic carbocycles. The van der Waals surface area contributed by atoms with Crippen molar-refractivity contribution in [2.75, 3.05) is 11.5 Å². The summed E-state index contributed by atoms with van der Waals surface area (Å²) in [6.07, 6.45) is 1.87. The maximum Gasteiger partial charge on any atom is 0.300 e. The number of para-hydroxylation sites is 1. The van der Waals surface area contributed by atoms with E-state index in [1.54, 1.807) is 42.5 Å². The van der Waals surface area contributed by atoms with E-state index in [4.69, 9.17) is 27.9 Å². The maximum atomic E-state index is 13.5. The summed E-state index contributed by atoms with van der Waals surface area (Å²) in [5.41, 5.74) is 2.25. The molecule has 1 aromatic heterocycles. The van der Waals surface area contributed by atoms with Crippen molar-refractivity contribution in [1.82, 2.24) is 4.57 Å². The number of aliphatic hydroxyl groups excluding tert-OH is 1. The number of carbonyl (C=O) groups is 2. The lowest BCUT2D eigenvalue weighted by Crippen LogP contribution is -2.29. The Kier molecular flexibility index (Phi) is 6.24. The lowest BCUT2D eigenvalue weighted by Gasteiger charge is -2.25. The number of hydrogen-bond acceptors (Lipinski definition) is 4. The van der Waals surface area contributed by atoms with Crippen LogP contribution in [0.4, 0.5) is 5.69 Å². The molecule has 0 spiro atoms. The summed E-state index contributed by atoms with van der Waals surface area (Å²) in [4.78, 5) is 28.3. The third-order valence-electron chi connectivity index (χ3n) is 6.28. The highest BCUT2D eigenvalue weighted by Gasteiger charge is 2.48. The van der Waals surface area contributed by atoms with E-state index in [1.165, 1.54) is 4.90 Å². The molecule has 0 saturated carbocycles. The number of ketones is 1. The van der Waals surface area contributed by atoms with Crippen LogP contribution in [0.2, 0.25) is 10.0 Å². The number of aryl methyl sites for hydroxylation is 1. The first-order valence-electron chi connectivity index (χ1n) is 11.3. The predicted molar refractivity (Wildman–Crippen MR) is 142 cm³/mol. The fourth-order valence-electron chi connectivity index (χ4n) is 4.67. The summed E-state index contributed by atoms with van der Waals surface area (Å²) in [5, 5.41) is 13.1. The number of nitrogens with zero attached hydrogens (tertiary/aromatic N) is 2. The molecule has 1 fully saturated rings. The van der Waals surface area contributed by atoms with Crippen molar-refractivity contribution < 1.29 is 19.4 Å². The maximum absolute atomic E-state index is 13.5.